The molecule has 2 amide bonds. The number of amides is 2. The first-order chi connectivity index (χ1) is 14.6. The highest BCUT2D eigenvalue weighted by molar-refractivity contribution is 8.00. The Bertz CT molecular complexity index is 740. The van der Waals surface area contributed by atoms with E-state index in [1.807, 2.05) is 22.7 Å². The highest BCUT2D eigenvalue weighted by atomic mass is 32.2. The van der Waals surface area contributed by atoms with Crippen molar-refractivity contribution >= 4 is 29.3 Å². The molecule has 0 aromatic heterocycles. The van der Waals surface area contributed by atoms with Crippen LogP contribution in [0.3, 0.4) is 0 Å². The fraction of sp³-hybridized carbons (Fsp3) is 0.667. The van der Waals surface area contributed by atoms with Crippen molar-refractivity contribution in [2.45, 2.75) is 62.0 Å². The molecule has 0 saturated carbocycles. The zero-order valence-corrected chi connectivity index (χ0v) is 19.0. The molecule has 5 nitrogen and oxygen atoms in total. The van der Waals surface area contributed by atoms with E-state index in [9.17, 15) is 9.59 Å². The number of hydrogen-bond acceptors (Lipinski definition) is 4. The van der Waals surface area contributed by atoms with E-state index < -0.39 is 0 Å². The van der Waals surface area contributed by atoms with Gasteiger partial charge in [-0.15, -0.1) is 11.8 Å². The molecule has 0 spiro atoms. The number of likely N-dealkylation sites (tertiary alicyclic amines) is 2. The minimum Gasteiger partial charge on any atom is -0.342 e. The average Bonchev–Trinajstić information content (AvgIpc) is 3.12. The van der Waals surface area contributed by atoms with Crippen molar-refractivity contribution in [3.8, 4) is 0 Å². The number of fused-ring (bicyclic) bond motifs is 1. The lowest BCUT2D eigenvalue weighted by Crippen LogP contribution is -2.46. The maximum atomic E-state index is 13.2. The van der Waals surface area contributed by atoms with Crippen LogP contribution in [0.15, 0.2) is 29.2 Å². The number of carbonyl (C=O) groups excluding carboxylic acids is 2. The Balaban J connectivity index is 1.32. The van der Waals surface area contributed by atoms with Crippen LogP contribution in [0.4, 0.5) is 5.69 Å². The van der Waals surface area contributed by atoms with Crippen LogP contribution in [-0.4, -0.2) is 66.1 Å². The average molecular weight is 430 g/mol. The number of piperidine rings is 1. The molecule has 6 heteroatoms. The zero-order valence-electron chi connectivity index (χ0n) is 18.2. The SMILES string of the molecule is CC1CCN(C(=O)CN2CCC(C(=O)N3CCCCCC3)CC2)c2ccccc2S1. The molecule has 1 aromatic carbocycles. The summed E-state index contributed by atoms with van der Waals surface area (Å²) in [6, 6.07) is 8.28. The summed E-state index contributed by atoms with van der Waals surface area (Å²) in [5.74, 6) is 0.690. The number of nitrogens with zero attached hydrogens (tertiary/aromatic N) is 3. The highest BCUT2D eigenvalue weighted by Gasteiger charge is 2.31. The van der Waals surface area contributed by atoms with E-state index >= 15 is 0 Å². The normalized spacial score (nSPS) is 24.1. The second-order valence-corrected chi connectivity index (χ2v) is 10.5. The van der Waals surface area contributed by atoms with E-state index in [1.165, 1.54) is 17.7 Å². The Hall–Kier alpha value is -1.53. The van der Waals surface area contributed by atoms with E-state index in [2.05, 4.69) is 34.9 Å². The number of hydrogen-bond donors (Lipinski definition) is 0. The third-order valence-corrected chi connectivity index (χ3v) is 8.00. The summed E-state index contributed by atoms with van der Waals surface area (Å²) in [6.07, 6.45) is 7.57. The Morgan fingerprint density at radius 3 is 2.37 bits per heavy atom. The second-order valence-electron chi connectivity index (χ2n) is 9.02. The van der Waals surface area contributed by atoms with Crippen molar-refractivity contribution in [2.24, 2.45) is 5.92 Å². The molecule has 2 saturated heterocycles. The van der Waals surface area contributed by atoms with Gasteiger partial charge in [0.1, 0.15) is 0 Å². The lowest BCUT2D eigenvalue weighted by Gasteiger charge is -2.34. The summed E-state index contributed by atoms with van der Waals surface area (Å²) in [5.41, 5.74) is 1.06. The van der Waals surface area contributed by atoms with Crippen molar-refractivity contribution < 1.29 is 9.59 Å². The lowest BCUT2D eigenvalue weighted by atomic mass is 9.95. The Labute approximate surface area is 185 Å². The van der Waals surface area contributed by atoms with Gasteiger partial charge >= 0.3 is 0 Å². The standard InChI is InChI=1S/C24H35N3O2S/c1-19-10-17-27(21-8-4-5-9-22(21)30-19)23(28)18-25-15-11-20(12-16-25)24(29)26-13-6-2-3-7-14-26/h4-5,8-9,19-20H,2-3,6-7,10-18H2,1H3. The van der Waals surface area contributed by atoms with E-state index in [0.717, 1.165) is 70.5 Å². The summed E-state index contributed by atoms with van der Waals surface area (Å²) in [7, 11) is 0. The molecule has 1 aromatic rings. The smallest absolute Gasteiger partial charge is 0.241 e. The van der Waals surface area contributed by atoms with Gasteiger partial charge < -0.3 is 9.80 Å². The Morgan fingerprint density at radius 1 is 0.933 bits per heavy atom. The minimum absolute atomic E-state index is 0.144. The molecule has 0 aliphatic carbocycles. The maximum Gasteiger partial charge on any atom is 0.241 e. The van der Waals surface area contributed by atoms with Crippen LogP contribution in [0.1, 0.15) is 51.9 Å². The third-order valence-electron chi connectivity index (χ3n) is 6.76. The second kappa shape index (κ2) is 10.2. The van der Waals surface area contributed by atoms with Crippen LogP contribution in [0.25, 0.3) is 0 Å². The van der Waals surface area contributed by atoms with Crippen molar-refractivity contribution in [1.29, 1.82) is 0 Å². The first kappa shape index (κ1) is 21.7. The van der Waals surface area contributed by atoms with Crippen molar-refractivity contribution in [3.63, 3.8) is 0 Å². The maximum absolute atomic E-state index is 13.2. The molecular formula is C24H35N3O2S. The number of rotatable bonds is 3. The fourth-order valence-corrected chi connectivity index (χ4v) is 6.02. The summed E-state index contributed by atoms with van der Waals surface area (Å²) >= 11 is 1.87. The monoisotopic (exact) mass is 429 g/mol. The van der Waals surface area contributed by atoms with E-state index in [0.29, 0.717) is 17.7 Å². The minimum atomic E-state index is 0.144. The van der Waals surface area contributed by atoms with Gasteiger partial charge in [0.25, 0.3) is 0 Å². The van der Waals surface area contributed by atoms with Crippen LogP contribution in [0.5, 0.6) is 0 Å². The fourth-order valence-electron chi connectivity index (χ4n) is 4.91. The lowest BCUT2D eigenvalue weighted by molar-refractivity contribution is -0.137. The first-order valence-electron chi connectivity index (χ1n) is 11.7. The highest BCUT2D eigenvalue weighted by Crippen LogP contribution is 2.37. The van der Waals surface area contributed by atoms with Crippen molar-refractivity contribution in [1.82, 2.24) is 9.80 Å². The van der Waals surface area contributed by atoms with Crippen molar-refractivity contribution in [3.05, 3.63) is 24.3 Å². The van der Waals surface area contributed by atoms with E-state index in [4.69, 9.17) is 0 Å². The molecule has 30 heavy (non-hydrogen) atoms. The first-order valence-corrected chi connectivity index (χ1v) is 12.6. The van der Waals surface area contributed by atoms with E-state index in [1.54, 1.807) is 0 Å². The van der Waals surface area contributed by atoms with Gasteiger partial charge in [0, 0.05) is 35.7 Å². The molecule has 164 valence electrons. The molecule has 3 heterocycles. The van der Waals surface area contributed by atoms with Gasteiger partial charge in [-0.1, -0.05) is 31.9 Å². The summed E-state index contributed by atoms with van der Waals surface area (Å²) in [6.45, 7) is 7.03. The predicted octanol–water partition coefficient (Wildman–Crippen LogP) is 4.02. The molecule has 0 bridgehead atoms. The largest absolute Gasteiger partial charge is 0.342 e. The molecule has 1 unspecified atom stereocenters. The zero-order chi connectivity index (χ0) is 20.9. The van der Waals surface area contributed by atoms with Crippen LogP contribution in [0, 0.1) is 5.92 Å². The summed E-state index contributed by atoms with van der Waals surface area (Å²) in [4.78, 5) is 33.7. The van der Waals surface area contributed by atoms with Gasteiger partial charge in [0.15, 0.2) is 0 Å². The van der Waals surface area contributed by atoms with Crippen LogP contribution in [0.2, 0.25) is 0 Å². The third kappa shape index (κ3) is 5.20. The Kier molecular flexibility index (Phi) is 7.37. The molecule has 1 atom stereocenters. The van der Waals surface area contributed by atoms with Gasteiger partial charge in [-0.05, 0) is 57.3 Å². The van der Waals surface area contributed by atoms with Gasteiger partial charge in [-0.3, -0.25) is 14.5 Å². The molecule has 3 aliphatic heterocycles. The molecular weight excluding hydrogens is 394 g/mol. The number of carbonyl (C=O) groups is 2. The number of anilines is 1. The van der Waals surface area contributed by atoms with Crippen LogP contribution in [-0.2, 0) is 9.59 Å². The Morgan fingerprint density at radius 2 is 1.63 bits per heavy atom. The van der Waals surface area contributed by atoms with Gasteiger partial charge in [-0.25, -0.2) is 0 Å². The number of thioether (sulfide) groups is 1. The van der Waals surface area contributed by atoms with Gasteiger partial charge in [0.05, 0.1) is 12.2 Å². The summed E-state index contributed by atoms with van der Waals surface area (Å²) in [5, 5.41) is 0.518. The molecule has 4 rings (SSSR count). The molecule has 2 fully saturated rings. The quantitative estimate of drug-likeness (QED) is 0.728. The predicted molar refractivity (Wildman–Crippen MR) is 123 cm³/mol. The van der Waals surface area contributed by atoms with Crippen molar-refractivity contribution in [2.75, 3.05) is 44.2 Å². The van der Waals surface area contributed by atoms with Gasteiger partial charge in [-0.2, -0.15) is 0 Å². The van der Waals surface area contributed by atoms with Crippen LogP contribution < -0.4 is 4.90 Å². The molecule has 3 aliphatic rings. The topological polar surface area (TPSA) is 43.9 Å². The van der Waals surface area contributed by atoms with E-state index in [-0.39, 0.29) is 11.8 Å². The van der Waals surface area contributed by atoms with Gasteiger partial charge in [0.2, 0.25) is 11.8 Å². The summed E-state index contributed by atoms with van der Waals surface area (Å²) < 4.78 is 0. The number of para-hydroxylation sites is 1. The molecule has 0 radical (unpaired) electrons. The van der Waals surface area contributed by atoms with Crippen LogP contribution >= 0.6 is 11.8 Å². The number of benzene rings is 1. The molecule has 0 N–H and O–H groups in total.